The monoisotopic (exact) mass is 368 g/mol. The van der Waals surface area contributed by atoms with Crippen LogP contribution in [-0.2, 0) is 9.53 Å². The predicted octanol–water partition coefficient (Wildman–Crippen LogP) is 4.64. The summed E-state index contributed by atoms with van der Waals surface area (Å²) in [5, 5.41) is 20.3. The molecule has 3 rings (SSSR count). The molecule has 0 heterocycles. The lowest BCUT2D eigenvalue weighted by Gasteiger charge is -2.29. The van der Waals surface area contributed by atoms with E-state index in [0.717, 1.165) is 11.1 Å². The van der Waals surface area contributed by atoms with Gasteiger partial charge in [-0.05, 0) is 23.6 Å². The van der Waals surface area contributed by atoms with Crippen LogP contribution in [0.2, 0.25) is 0 Å². The summed E-state index contributed by atoms with van der Waals surface area (Å²) >= 11 is 0. The third kappa shape index (κ3) is 3.10. The zero-order valence-electron chi connectivity index (χ0n) is 15.6. The Morgan fingerprint density at radius 2 is 1.64 bits per heavy atom. The number of allylic oxidation sites excluding steroid dienone is 2. The number of rotatable bonds is 5. The molecule has 1 aliphatic carbocycles. The number of hydrogen-bond donors (Lipinski definition) is 0. The zero-order valence-corrected chi connectivity index (χ0v) is 15.6. The summed E-state index contributed by atoms with van der Waals surface area (Å²) in [6.45, 7) is 5.85. The number of benzene rings is 2. The van der Waals surface area contributed by atoms with Crippen molar-refractivity contribution in [2.75, 3.05) is 6.61 Å². The minimum Gasteiger partial charge on any atom is -0.463 e. The minimum atomic E-state index is -1.54. The van der Waals surface area contributed by atoms with Gasteiger partial charge >= 0.3 is 5.97 Å². The molecular weight excluding hydrogens is 348 g/mol. The van der Waals surface area contributed by atoms with E-state index in [0.29, 0.717) is 5.57 Å². The summed E-state index contributed by atoms with van der Waals surface area (Å²) < 4.78 is 5.14. The molecule has 2 atom stereocenters. The first-order valence-corrected chi connectivity index (χ1v) is 9.10. The molecule has 0 aliphatic heterocycles. The van der Waals surface area contributed by atoms with Crippen molar-refractivity contribution in [1.82, 2.24) is 0 Å². The van der Waals surface area contributed by atoms with Gasteiger partial charge in [0.2, 0.25) is 0 Å². The molecule has 4 heteroatoms. The highest BCUT2D eigenvalue weighted by Gasteiger charge is 2.54. The van der Waals surface area contributed by atoms with Crippen LogP contribution in [0.3, 0.4) is 0 Å². The summed E-state index contributed by atoms with van der Waals surface area (Å²) in [5.41, 5.74) is 0.902. The topological polar surface area (TPSA) is 73.9 Å². The van der Waals surface area contributed by atoms with Crippen molar-refractivity contribution in [1.29, 1.82) is 10.5 Å². The van der Waals surface area contributed by atoms with Crippen molar-refractivity contribution in [3.05, 3.63) is 90.0 Å². The Morgan fingerprint density at radius 1 is 1.07 bits per heavy atom. The third-order valence-corrected chi connectivity index (χ3v) is 5.13. The van der Waals surface area contributed by atoms with Crippen molar-refractivity contribution in [3.8, 4) is 12.1 Å². The molecule has 0 N–H and O–H groups in total. The maximum atomic E-state index is 12.5. The van der Waals surface area contributed by atoms with Gasteiger partial charge in [0, 0.05) is 17.4 Å². The van der Waals surface area contributed by atoms with Crippen molar-refractivity contribution >= 4 is 11.5 Å². The Morgan fingerprint density at radius 3 is 2.18 bits per heavy atom. The van der Waals surface area contributed by atoms with Gasteiger partial charge in [-0.15, -0.1) is 0 Å². The molecule has 0 amide bonds. The average Bonchev–Trinajstić information content (AvgIpc) is 3.10. The Hall–Kier alpha value is -3.63. The van der Waals surface area contributed by atoms with Crippen LogP contribution in [0.4, 0.5) is 0 Å². The van der Waals surface area contributed by atoms with Crippen LogP contribution in [0.15, 0.2) is 78.9 Å². The summed E-state index contributed by atoms with van der Waals surface area (Å²) in [5.74, 6) is -1.65. The number of nitriles is 2. The average molecular weight is 368 g/mol. The van der Waals surface area contributed by atoms with Crippen LogP contribution in [0.5, 0.6) is 0 Å². The second-order valence-corrected chi connectivity index (χ2v) is 6.64. The van der Waals surface area contributed by atoms with E-state index in [9.17, 15) is 15.3 Å². The van der Waals surface area contributed by atoms with E-state index in [2.05, 4.69) is 18.7 Å². The van der Waals surface area contributed by atoms with E-state index in [-0.39, 0.29) is 18.1 Å². The van der Waals surface area contributed by atoms with E-state index in [4.69, 9.17) is 4.74 Å². The van der Waals surface area contributed by atoms with Gasteiger partial charge in [-0.2, -0.15) is 10.5 Å². The van der Waals surface area contributed by atoms with Crippen molar-refractivity contribution in [2.24, 2.45) is 11.3 Å². The largest absolute Gasteiger partial charge is 0.463 e. The number of carbonyl (C=O) groups excluding carboxylic acids is 1. The first-order chi connectivity index (χ1) is 13.6. The molecule has 2 aromatic carbocycles. The zero-order chi connectivity index (χ0) is 20.1. The fourth-order valence-corrected chi connectivity index (χ4v) is 3.86. The number of esters is 1. The number of carbonyl (C=O) groups is 1. The quantitative estimate of drug-likeness (QED) is 0.569. The Balaban J connectivity index is 2.22. The molecule has 0 saturated heterocycles. The molecular formula is C24H20N2O2. The Kier molecular flexibility index (Phi) is 5.43. The minimum absolute atomic E-state index is 0.140. The fourth-order valence-electron chi connectivity index (χ4n) is 3.86. The maximum absolute atomic E-state index is 12.5. The molecule has 0 radical (unpaired) electrons. The van der Waals surface area contributed by atoms with Gasteiger partial charge in [0.1, 0.15) is 0 Å². The van der Waals surface area contributed by atoms with E-state index < -0.39 is 17.3 Å². The highest BCUT2D eigenvalue weighted by Crippen LogP contribution is 2.56. The maximum Gasteiger partial charge on any atom is 0.333 e. The lowest BCUT2D eigenvalue weighted by atomic mass is 9.68. The van der Waals surface area contributed by atoms with Crippen LogP contribution in [0.1, 0.15) is 24.0 Å². The Bertz CT molecular complexity index is 980. The van der Waals surface area contributed by atoms with Gasteiger partial charge in [-0.25, -0.2) is 4.79 Å². The SMILES string of the molecule is C=C(C(=O)OCC)[C@H]1[C@H](c2ccccc2)C=C(c2ccccc2)C1(C#N)C#N. The second-order valence-electron chi connectivity index (χ2n) is 6.64. The third-order valence-electron chi connectivity index (χ3n) is 5.13. The number of ether oxygens (including phenoxy) is 1. The van der Waals surface area contributed by atoms with Gasteiger partial charge in [-0.3, -0.25) is 0 Å². The van der Waals surface area contributed by atoms with Crippen LogP contribution < -0.4 is 0 Å². The van der Waals surface area contributed by atoms with Gasteiger partial charge < -0.3 is 4.74 Å². The molecule has 0 aromatic heterocycles. The van der Waals surface area contributed by atoms with E-state index in [1.807, 2.05) is 66.7 Å². The van der Waals surface area contributed by atoms with E-state index in [1.54, 1.807) is 6.92 Å². The standard InChI is InChI=1S/C24H20N2O2/c1-3-28-23(27)17(2)22-20(18-10-6-4-7-11-18)14-21(24(22,15-25)16-26)19-12-8-5-9-13-19/h4-14,20,22H,2-3H2,1H3/t20-,22-/m0/s1. The summed E-state index contributed by atoms with van der Waals surface area (Å²) in [4.78, 5) is 12.5. The summed E-state index contributed by atoms with van der Waals surface area (Å²) in [7, 11) is 0. The number of hydrogen-bond acceptors (Lipinski definition) is 4. The Labute approximate surface area is 165 Å². The van der Waals surface area contributed by atoms with Crippen LogP contribution >= 0.6 is 0 Å². The highest BCUT2D eigenvalue weighted by atomic mass is 16.5. The second kappa shape index (κ2) is 7.94. The van der Waals surface area contributed by atoms with Gasteiger partial charge in [-0.1, -0.05) is 73.3 Å². The first kappa shape index (κ1) is 19.1. The highest BCUT2D eigenvalue weighted by molar-refractivity contribution is 5.92. The van der Waals surface area contributed by atoms with Crippen LogP contribution in [-0.4, -0.2) is 12.6 Å². The molecule has 0 fully saturated rings. The molecule has 0 spiro atoms. The van der Waals surface area contributed by atoms with Crippen LogP contribution in [0, 0.1) is 34.0 Å². The van der Waals surface area contributed by atoms with Crippen molar-refractivity contribution in [3.63, 3.8) is 0 Å². The van der Waals surface area contributed by atoms with E-state index >= 15 is 0 Å². The molecule has 0 saturated carbocycles. The van der Waals surface area contributed by atoms with Gasteiger partial charge in [0.05, 0.1) is 18.7 Å². The van der Waals surface area contributed by atoms with Crippen LogP contribution in [0.25, 0.3) is 5.57 Å². The van der Waals surface area contributed by atoms with Gasteiger partial charge in [0.25, 0.3) is 0 Å². The van der Waals surface area contributed by atoms with Crippen molar-refractivity contribution in [2.45, 2.75) is 12.8 Å². The summed E-state index contributed by atoms with van der Waals surface area (Å²) in [6.07, 6.45) is 1.92. The normalized spacial score (nSPS) is 19.8. The van der Waals surface area contributed by atoms with Crippen molar-refractivity contribution < 1.29 is 9.53 Å². The van der Waals surface area contributed by atoms with E-state index in [1.165, 1.54) is 0 Å². The number of nitrogens with zero attached hydrogens (tertiary/aromatic N) is 2. The predicted molar refractivity (Wildman–Crippen MR) is 107 cm³/mol. The molecule has 0 bridgehead atoms. The molecule has 0 unspecified atom stereocenters. The molecule has 2 aromatic rings. The van der Waals surface area contributed by atoms with Gasteiger partial charge in [0.15, 0.2) is 5.41 Å². The lowest BCUT2D eigenvalue weighted by molar-refractivity contribution is -0.139. The molecule has 28 heavy (non-hydrogen) atoms. The summed E-state index contributed by atoms with van der Waals surface area (Å²) in [6, 6.07) is 23.3. The molecule has 138 valence electrons. The molecule has 1 aliphatic rings. The fraction of sp³-hybridized carbons (Fsp3) is 0.208. The lowest BCUT2D eigenvalue weighted by Crippen LogP contribution is -2.32. The molecule has 4 nitrogen and oxygen atoms in total. The smallest absolute Gasteiger partial charge is 0.333 e. The first-order valence-electron chi connectivity index (χ1n) is 9.10.